The summed E-state index contributed by atoms with van der Waals surface area (Å²) in [6, 6.07) is 18.0. The van der Waals surface area contributed by atoms with Crippen LogP contribution in [-0.4, -0.2) is 41.9 Å². The molecule has 2 unspecified atom stereocenters. The normalized spacial score (nSPS) is 18.6. The van der Waals surface area contributed by atoms with Crippen molar-refractivity contribution in [2.24, 2.45) is 0 Å². The molecule has 4 rings (SSSR count). The summed E-state index contributed by atoms with van der Waals surface area (Å²) in [4.78, 5) is 17.5. The molecule has 3 nitrogen and oxygen atoms in total. The molecule has 0 N–H and O–H groups in total. The first-order valence-corrected chi connectivity index (χ1v) is 13.0. The van der Waals surface area contributed by atoms with Gasteiger partial charge in [-0.3, -0.25) is 9.69 Å². The molecule has 0 radical (unpaired) electrons. The minimum Gasteiger partial charge on any atom is -0.340 e. The average molecular weight is 583 g/mol. The number of hydrogen-bond acceptors (Lipinski definition) is 2. The van der Waals surface area contributed by atoms with Gasteiger partial charge in [0.2, 0.25) is 5.91 Å². The number of benzene rings is 3. The summed E-state index contributed by atoms with van der Waals surface area (Å²) in [5.41, 5.74) is -2.91. The van der Waals surface area contributed by atoms with Crippen LogP contribution in [0.4, 0.5) is 26.3 Å². The standard InChI is InChI=1S/C30H29ClF6N2O/c1-28(2,21-13-22(29(32,33)34)15-23(14-21)30(35,36)37)27(40)38(3)26-18-39(16-19-7-5-4-6-8-19)17-25(26)20-9-11-24(31)12-10-20/h4-15,25-26H,16-18H2,1-3H3. The maximum Gasteiger partial charge on any atom is 0.416 e. The number of rotatable bonds is 6. The second-order valence-corrected chi connectivity index (χ2v) is 11.2. The Balaban J connectivity index is 1.68. The van der Waals surface area contributed by atoms with E-state index in [1.165, 1.54) is 18.7 Å². The number of likely N-dealkylation sites (tertiary alicyclic amines) is 1. The summed E-state index contributed by atoms with van der Waals surface area (Å²) in [5, 5.41) is 0.551. The van der Waals surface area contributed by atoms with E-state index >= 15 is 0 Å². The molecule has 0 aliphatic carbocycles. The van der Waals surface area contributed by atoms with Crippen LogP contribution in [0, 0.1) is 0 Å². The summed E-state index contributed by atoms with van der Waals surface area (Å²) >= 11 is 6.09. The molecule has 0 bridgehead atoms. The molecular weight excluding hydrogens is 554 g/mol. The summed E-state index contributed by atoms with van der Waals surface area (Å²) in [6.45, 7) is 4.40. The van der Waals surface area contributed by atoms with Gasteiger partial charge < -0.3 is 4.90 Å². The lowest BCUT2D eigenvalue weighted by molar-refractivity contribution is -0.144. The Morgan fingerprint density at radius 1 is 0.850 bits per heavy atom. The monoisotopic (exact) mass is 582 g/mol. The molecule has 1 fully saturated rings. The summed E-state index contributed by atoms with van der Waals surface area (Å²) < 4.78 is 81.2. The van der Waals surface area contributed by atoms with Gasteiger partial charge in [0.15, 0.2) is 0 Å². The Morgan fingerprint density at radius 2 is 1.38 bits per heavy atom. The van der Waals surface area contributed by atoms with Crippen molar-refractivity contribution < 1.29 is 31.1 Å². The first-order valence-electron chi connectivity index (χ1n) is 12.7. The number of carbonyl (C=O) groups is 1. The minimum absolute atomic E-state index is 0.0722. The molecule has 1 aliphatic heterocycles. The van der Waals surface area contributed by atoms with E-state index in [-0.39, 0.29) is 23.6 Å². The highest BCUT2D eigenvalue weighted by Gasteiger charge is 2.44. The van der Waals surface area contributed by atoms with E-state index in [0.29, 0.717) is 36.8 Å². The molecule has 1 amide bonds. The molecular formula is C30H29ClF6N2O. The summed E-state index contributed by atoms with van der Waals surface area (Å²) in [6.07, 6.45) is -10.0. The highest BCUT2D eigenvalue weighted by molar-refractivity contribution is 6.30. The van der Waals surface area contributed by atoms with Crippen molar-refractivity contribution >= 4 is 17.5 Å². The Labute approximate surface area is 234 Å². The van der Waals surface area contributed by atoms with E-state index < -0.39 is 34.8 Å². The van der Waals surface area contributed by atoms with Crippen molar-refractivity contribution in [3.8, 4) is 0 Å². The van der Waals surface area contributed by atoms with Crippen LogP contribution in [0.3, 0.4) is 0 Å². The van der Waals surface area contributed by atoms with Gasteiger partial charge in [0, 0.05) is 37.6 Å². The highest BCUT2D eigenvalue weighted by Crippen LogP contribution is 2.40. The Morgan fingerprint density at radius 3 is 1.90 bits per heavy atom. The molecule has 0 aromatic heterocycles. The maximum absolute atomic E-state index is 13.9. The SMILES string of the molecule is CN(C(=O)C(C)(C)c1cc(C(F)(F)F)cc(C(F)(F)F)c1)C1CN(Cc2ccccc2)CC1c1ccc(Cl)cc1. The fourth-order valence-corrected chi connectivity index (χ4v) is 5.42. The van der Waals surface area contributed by atoms with Crippen molar-refractivity contribution in [1.29, 1.82) is 0 Å². The van der Waals surface area contributed by atoms with Gasteiger partial charge in [-0.2, -0.15) is 26.3 Å². The van der Waals surface area contributed by atoms with Crippen LogP contribution in [0.15, 0.2) is 72.8 Å². The van der Waals surface area contributed by atoms with Gasteiger partial charge in [0.25, 0.3) is 0 Å². The third-order valence-electron chi connectivity index (χ3n) is 7.57. The number of carbonyl (C=O) groups excluding carboxylic acids is 1. The summed E-state index contributed by atoms with van der Waals surface area (Å²) in [5.74, 6) is -0.733. The van der Waals surface area contributed by atoms with Gasteiger partial charge in [-0.05, 0) is 60.9 Å². The lowest BCUT2D eigenvalue weighted by atomic mass is 9.80. The van der Waals surface area contributed by atoms with Crippen molar-refractivity contribution in [2.75, 3.05) is 20.1 Å². The highest BCUT2D eigenvalue weighted by atomic mass is 35.5. The molecule has 0 saturated carbocycles. The molecule has 40 heavy (non-hydrogen) atoms. The zero-order chi connectivity index (χ0) is 29.5. The first kappa shape index (κ1) is 29.9. The van der Waals surface area contributed by atoms with Gasteiger partial charge >= 0.3 is 12.4 Å². The predicted molar refractivity (Wildman–Crippen MR) is 142 cm³/mol. The summed E-state index contributed by atoms with van der Waals surface area (Å²) in [7, 11) is 1.56. The molecule has 1 aliphatic rings. The second-order valence-electron chi connectivity index (χ2n) is 10.7. The van der Waals surface area contributed by atoms with Crippen LogP contribution >= 0.6 is 11.6 Å². The van der Waals surface area contributed by atoms with Crippen molar-refractivity contribution in [2.45, 2.75) is 50.1 Å². The third kappa shape index (κ3) is 6.47. The van der Waals surface area contributed by atoms with E-state index in [1.54, 1.807) is 19.2 Å². The number of nitrogens with zero attached hydrogens (tertiary/aromatic N) is 2. The largest absolute Gasteiger partial charge is 0.416 e. The zero-order valence-electron chi connectivity index (χ0n) is 22.2. The molecule has 3 aromatic rings. The van der Waals surface area contributed by atoms with Crippen LogP contribution < -0.4 is 0 Å². The van der Waals surface area contributed by atoms with Crippen molar-refractivity contribution in [1.82, 2.24) is 9.80 Å². The fraction of sp³-hybridized carbons (Fsp3) is 0.367. The molecule has 2 atom stereocenters. The Hall–Kier alpha value is -3.04. The molecule has 0 spiro atoms. The molecule has 10 heteroatoms. The van der Waals surface area contributed by atoms with Crippen LogP contribution in [0.2, 0.25) is 5.02 Å². The minimum atomic E-state index is -5.01. The van der Waals surface area contributed by atoms with Crippen molar-refractivity contribution in [3.05, 3.63) is 106 Å². The molecule has 1 heterocycles. The van der Waals surface area contributed by atoms with Crippen LogP contribution in [0.5, 0.6) is 0 Å². The number of likely N-dealkylation sites (N-methyl/N-ethyl adjacent to an activating group) is 1. The van der Waals surface area contributed by atoms with E-state index in [0.717, 1.165) is 11.1 Å². The van der Waals surface area contributed by atoms with Crippen LogP contribution in [0.25, 0.3) is 0 Å². The lowest BCUT2D eigenvalue weighted by Gasteiger charge is -2.36. The van der Waals surface area contributed by atoms with Gasteiger partial charge in [-0.25, -0.2) is 0 Å². The average Bonchev–Trinajstić information content (AvgIpc) is 3.31. The van der Waals surface area contributed by atoms with Gasteiger partial charge in [0.1, 0.15) is 0 Å². The number of halogens is 7. The van der Waals surface area contributed by atoms with E-state index in [2.05, 4.69) is 4.90 Å². The topological polar surface area (TPSA) is 23.6 Å². The van der Waals surface area contributed by atoms with Crippen molar-refractivity contribution in [3.63, 3.8) is 0 Å². The predicted octanol–water partition coefficient (Wildman–Crippen LogP) is 7.78. The lowest BCUT2D eigenvalue weighted by Crippen LogP contribution is -2.49. The fourth-order valence-electron chi connectivity index (χ4n) is 5.30. The molecule has 3 aromatic carbocycles. The second kappa shape index (κ2) is 11.1. The quantitative estimate of drug-likeness (QED) is 0.277. The van der Waals surface area contributed by atoms with Gasteiger partial charge in [-0.1, -0.05) is 54.1 Å². The van der Waals surface area contributed by atoms with E-state index in [4.69, 9.17) is 11.6 Å². The smallest absolute Gasteiger partial charge is 0.340 e. The van der Waals surface area contributed by atoms with Gasteiger partial charge in [0.05, 0.1) is 22.6 Å². The number of amides is 1. The number of alkyl halides is 6. The Kier molecular flexibility index (Phi) is 8.30. The third-order valence-corrected chi connectivity index (χ3v) is 7.83. The van der Waals surface area contributed by atoms with Gasteiger partial charge in [-0.15, -0.1) is 0 Å². The maximum atomic E-state index is 13.9. The first-order chi connectivity index (χ1) is 18.6. The number of hydrogen-bond donors (Lipinski definition) is 0. The Bertz CT molecular complexity index is 1310. The molecule has 1 saturated heterocycles. The van der Waals surface area contributed by atoms with Crippen LogP contribution in [0.1, 0.15) is 47.6 Å². The van der Waals surface area contributed by atoms with Crippen LogP contribution in [-0.2, 0) is 29.1 Å². The van der Waals surface area contributed by atoms with E-state index in [9.17, 15) is 31.1 Å². The molecule has 214 valence electrons. The van der Waals surface area contributed by atoms with E-state index in [1.807, 2.05) is 42.5 Å². The zero-order valence-corrected chi connectivity index (χ0v) is 22.9.